The highest BCUT2D eigenvalue weighted by molar-refractivity contribution is 6.30. The van der Waals surface area contributed by atoms with Gasteiger partial charge >= 0.3 is 0 Å². The average molecular weight is 280 g/mol. The molecule has 106 valence electrons. The fraction of sp³-hybridized carbons (Fsp3) is 0.647. The number of halogens is 1. The first-order valence-electron chi connectivity index (χ1n) is 7.62. The highest BCUT2D eigenvalue weighted by Crippen LogP contribution is 2.44. The Morgan fingerprint density at radius 2 is 2.21 bits per heavy atom. The Bertz CT molecular complexity index is 404. The molecule has 1 aromatic rings. The monoisotopic (exact) mass is 279 g/mol. The molecule has 0 aliphatic carbocycles. The van der Waals surface area contributed by atoms with Crippen LogP contribution in [0.5, 0.6) is 0 Å². The summed E-state index contributed by atoms with van der Waals surface area (Å²) in [6.07, 6.45) is 6.61. The third-order valence-corrected chi connectivity index (χ3v) is 4.90. The van der Waals surface area contributed by atoms with Gasteiger partial charge in [0.15, 0.2) is 0 Å². The van der Waals surface area contributed by atoms with Crippen molar-refractivity contribution in [3.05, 3.63) is 34.9 Å². The number of hydrogen-bond acceptors (Lipinski definition) is 1. The molecule has 0 saturated carbocycles. The molecule has 1 aliphatic rings. The molecule has 0 amide bonds. The van der Waals surface area contributed by atoms with E-state index >= 15 is 0 Å². The van der Waals surface area contributed by atoms with Crippen LogP contribution in [0.1, 0.15) is 57.4 Å². The summed E-state index contributed by atoms with van der Waals surface area (Å²) in [5.74, 6) is 0.594. The predicted octanol–water partition coefficient (Wildman–Crippen LogP) is 5.00. The van der Waals surface area contributed by atoms with Crippen LogP contribution in [0.25, 0.3) is 0 Å². The maximum absolute atomic E-state index is 6.16. The Kier molecular flexibility index (Phi) is 5.29. The molecule has 1 aliphatic heterocycles. The minimum Gasteiger partial charge on any atom is -0.316 e. The van der Waals surface area contributed by atoms with Gasteiger partial charge in [0.1, 0.15) is 0 Å². The molecule has 1 fully saturated rings. The van der Waals surface area contributed by atoms with Crippen molar-refractivity contribution in [2.45, 2.75) is 51.9 Å². The Hall–Kier alpha value is -0.530. The second-order valence-electron chi connectivity index (χ2n) is 6.17. The lowest BCUT2D eigenvalue weighted by atomic mass is 9.66. The van der Waals surface area contributed by atoms with Gasteiger partial charge in [0.05, 0.1) is 0 Å². The van der Waals surface area contributed by atoms with E-state index in [9.17, 15) is 0 Å². The third-order valence-electron chi connectivity index (χ3n) is 4.67. The Morgan fingerprint density at radius 1 is 1.37 bits per heavy atom. The van der Waals surface area contributed by atoms with Crippen molar-refractivity contribution >= 4 is 11.6 Å². The van der Waals surface area contributed by atoms with Crippen molar-refractivity contribution in [2.75, 3.05) is 13.1 Å². The van der Waals surface area contributed by atoms with Crippen LogP contribution in [0, 0.1) is 5.41 Å². The zero-order valence-corrected chi connectivity index (χ0v) is 13.0. The van der Waals surface area contributed by atoms with E-state index in [1.807, 2.05) is 6.07 Å². The van der Waals surface area contributed by atoms with Crippen molar-refractivity contribution in [3.63, 3.8) is 0 Å². The van der Waals surface area contributed by atoms with E-state index < -0.39 is 0 Å². The molecule has 1 nitrogen and oxygen atoms in total. The third kappa shape index (κ3) is 3.73. The van der Waals surface area contributed by atoms with Crippen LogP contribution in [0.15, 0.2) is 24.3 Å². The van der Waals surface area contributed by atoms with E-state index in [1.165, 1.54) is 37.7 Å². The highest BCUT2D eigenvalue weighted by Gasteiger charge is 2.36. The normalized spacial score (nSPS) is 27.4. The van der Waals surface area contributed by atoms with Gasteiger partial charge in [0, 0.05) is 17.5 Å². The van der Waals surface area contributed by atoms with Gasteiger partial charge in [0.25, 0.3) is 0 Å². The lowest BCUT2D eigenvalue weighted by molar-refractivity contribution is 0.167. The van der Waals surface area contributed by atoms with Gasteiger partial charge < -0.3 is 5.32 Å². The molecule has 0 spiro atoms. The van der Waals surface area contributed by atoms with E-state index in [-0.39, 0.29) is 0 Å². The van der Waals surface area contributed by atoms with E-state index in [4.69, 9.17) is 11.6 Å². The van der Waals surface area contributed by atoms with Gasteiger partial charge in [-0.15, -0.1) is 0 Å². The molecule has 19 heavy (non-hydrogen) atoms. The summed E-state index contributed by atoms with van der Waals surface area (Å²) >= 11 is 6.16. The summed E-state index contributed by atoms with van der Waals surface area (Å²) in [5, 5.41) is 4.42. The molecule has 2 atom stereocenters. The topological polar surface area (TPSA) is 12.0 Å². The van der Waals surface area contributed by atoms with E-state index in [0.29, 0.717) is 11.3 Å². The van der Waals surface area contributed by atoms with E-state index in [0.717, 1.165) is 18.1 Å². The summed E-state index contributed by atoms with van der Waals surface area (Å²) in [6.45, 7) is 6.98. The second-order valence-corrected chi connectivity index (χ2v) is 6.61. The number of piperidine rings is 1. The highest BCUT2D eigenvalue weighted by atomic mass is 35.5. The number of nitrogens with one attached hydrogen (secondary N) is 1. The lowest BCUT2D eigenvalue weighted by Crippen LogP contribution is -2.42. The molecule has 2 rings (SSSR count). The van der Waals surface area contributed by atoms with Gasteiger partial charge in [-0.25, -0.2) is 0 Å². The molecule has 1 N–H and O–H groups in total. The summed E-state index contributed by atoms with van der Waals surface area (Å²) in [4.78, 5) is 0. The van der Waals surface area contributed by atoms with E-state index in [1.54, 1.807) is 0 Å². The summed E-state index contributed by atoms with van der Waals surface area (Å²) in [5.41, 5.74) is 1.82. The van der Waals surface area contributed by atoms with Crippen LogP contribution in [-0.4, -0.2) is 13.1 Å². The van der Waals surface area contributed by atoms with Gasteiger partial charge in [-0.2, -0.15) is 0 Å². The zero-order valence-electron chi connectivity index (χ0n) is 12.2. The van der Waals surface area contributed by atoms with Crippen LogP contribution < -0.4 is 5.32 Å². The van der Waals surface area contributed by atoms with Crippen LogP contribution in [-0.2, 0) is 0 Å². The summed E-state index contributed by atoms with van der Waals surface area (Å²) in [6, 6.07) is 8.44. The predicted molar refractivity (Wildman–Crippen MR) is 83.9 cm³/mol. The Balaban J connectivity index is 2.15. The molecule has 0 aromatic heterocycles. The molecule has 1 heterocycles. The number of benzene rings is 1. The van der Waals surface area contributed by atoms with Crippen molar-refractivity contribution < 1.29 is 0 Å². The fourth-order valence-corrected chi connectivity index (χ4v) is 3.56. The first-order chi connectivity index (χ1) is 9.15. The molecule has 1 aromatic carbocycles. The summed E-state index contributed by atoms with van der Waals surface area (Å²) < 4.78 is 0. The minimum absolute atomic E-state index is 0.422. The SMILES string of the molecule is CCCCCC1(C)CCNCC1c1cccc(Cl)c1. The van der Waals surface area contributed by atoms with Crippen LogP contribution in [0.4, 0.5) is 0 Å². The Morgan fingerprint density at radius 3 is 2.95 bits per heavy atom. The minimum atomic E-state index is 0.422. The lowest BCUT2D eigenvalue weighted by Gasteiger charge is -2.42. The standard InChI is InChI=1S/C17H26ClN/c1-3-4-5-9-17(2)10-11-19-13-16(17)14-7-6-8-15(18)12-14/h6-8,12,16,19H,3-5,9-11,13H2,1-2H3. The summed E-state index contributed by atoms with van der Waals surface area (Å²) in [7, 11) is 0. The van der Waals surface area contributed by atoms with Crippen LogP contribution in [0.3, 0.4) is 0 Å². The second kappa shape index (κ2) is 6.76. The van der Waals surface area contributed by atoms with Crippen LogP contribution in [0.2, 0.25) is 5.02 Å². The maximum Gasteiger partial charge on any atom is 0.0408 e. The maximum atomic E-state index is 6.16. The van der Waals surface area contributed by atoms with Gasteiger partial charge in [-0.3, -0.25) is 0 Å². The number of unbranched alkanes of at least 4 members (excludes halogenated alkanes) is 2. The molecule has 2 unspecified atom stereocenters. The van der Waals surface area contributed by atoms with Crippen molar-refractivity contribution in [2.24, 2.45) is 5.41 Å². The van der Waals surface area contributed by atoms with Crippen molar-refractivity contribution in [1.29, 1.82) is 0 Å². The molecule has 0 bridgehead atoms. The molecule has 1 saturated heterocycles. The largest absolute Gasteiger partial charge is 0.316 e. The molecule has 0 radical (unpaired) electrons. The van der Waals surface area contributed by atoms with Crippen LogP contribution >= 0.6 is 11.6 Å². The number of hydrogen-bond donors (Lipinski definition) is 1. The molecular formula is C17H26ClN. The van der Waals surface area contributed by atoms with Gasteiger partial charge in [-0.05, 0) is 42.5 Å². The van der Waals surface area contributed by atoms with Gasteiger partial charge in [0.2, 0.25) is 0 Å². The first kappa shape index (κ1) is 14.9. The quantitative estimate of drug-likeness (QED) is 0.748. The van der Waals surface area contributed by atoms with Gasteiger partial charge in [-0.1, -0.05) is 56.8 Å². The average Bonchev–Trinajstić information content (AvgIpc) is 2.39. The Labute approximate surface area is 122 Å². The smallest absolute Gasteiger partial charge is 0.0408 e. The van der Waals surface area contributed by atoms with Crippen molar-refractivity contribution in [3.8, 4) is 0 Å². The first-order valence-corrected chi connectivity index (χ1v) is 8.00. The molecular weight excluding hydrogens is 254 g/mol. The zero-order chi connectivity index (χ0) is 13.7. The van der Waals surface area contributed by atoms with E-state index in [2.05, 4.69) is 37.4 Å². The fourth-order valence-electron chi connectivity index (χ4n) is 3.36. The molecule has 2 heteroatoms. The van der Waals surface area contributed by atoms with Crippen molar-refractivity contribution in [1.82, 2.24) is 5.32 Å². The number of rotatable bonds is 5.